The number of nitro benzene ring substituents is 1. The van der Waals surface area contributed by atoms with Gasteiger partial charge in [0, 0.05) is 31.8 Å². The van der Waals surface area contributed by atoms with E-state index in [2.05, 4.69) is 5.32 Å². The second kappa shape index (κ2) is 5.34. The summed E-state index contributed by atoms with van der Waals surface area (Å²) in [6.45, 7) is 1.64. The van der Waals surface area contributed by atoms with E-state index in [1.807, 2.05) is 0 Å². The monoisotopic (exact) mass is 264 g/mol. The summed E-state index contributed by atoms with van der Waals surface area (Å²) in [5, 5.41) is 24.1. The van der Waals surface area contributed by atoms with Crippen LogP contribution in [0, 0.1) is 20.2 Å². The van der Waals surface area contributed by atoms with Crippen LogP contribution in [0.3, 0.4) is 0 Å². The molecule has 0 aromatic heterocycles. The molecule has 0 aliphatic carbocycles. The summed E-state index contributed by atoms with van der Waals surface area (Å²) < 4.78 is 0. The maximum Gasteiger partial charge on any atom is 0.274 e. The van der Waals surface area contributed by atoms with Gasteiger partial charge in [0.05, 0.1) is 9.85 Å². The standard InChI is InChI=1S/C11H12N4O4/c16-14(17)8-11-12-4-5-13(11)7-9-2-1-3-10(6-9)15(18)19/h1-3,6,8,12H,4-5,7H2/b11-8-. The number of hydrogen-bond donors (Lipinski definition) is 1. The van der Waals surface area contributed by atoms with E-state index < -0.39 is 9.85 Å². The molecule has 1 N–H and O–H groups in total. The molecule has 0 bridgehead atoms. The van der Waals surface area contributed by atoms with Gasteiger partial charge in [-0.2, -0.15) is 0 Å². The highest BCUT2D eigenvalue weighted by molar-refractivity contribution is 5.34. The number of benzene rings is 1. The van der Waals surface area contributed by atoms with Crippen molar-refractivity contribution in [1.82, 2.24) is 10.2 Å². The Bertz CT molecular complexity index is 543. The van der Waals surface area contributed by atoms with Crippen molar-refractivity contribution in [2.75, 3.05) is 13.1 Å². The Hall–Kier alpha value is -2.64. The first-order chi connectivity index (χ1) is 9.06. The zero-order valence-electron chi connectivity index (χ0n) is 9.98. The second-order valence-electron chi connectivity index (χ2n) is 4.08. The molecule has 2 rings (SSSR count). The van der Waals surface area contributed by atoms with Gasteiger partial charge in [0.25, 0.3) is 11.9 Å². The molecular weight excluding hydrogens is 252 g/mol. The summed E-state index contributed by atoms with van der Waals surface area (Å²) in [4.78, 5) is 22.0. The number of nitro groups is 2. The number of nitrogens with one attached hydrogen (secondary N) is 1. The zero-order chi connectivity index (χ0) is 13.8. The summed E-state index contributed by atoms with van der Waals surface area (Å²) in [5.74, 6) is 0.427. The van der Waals surface area contributed by atoms with Crippen LogP contribution in [0.25, 0.3) is 0 Å². The quantitative estimate of drug-likeness (QED) is 0.644. The maximum absolute atomic E-state index is 10.7. The SMILES string of the molecule is O=[N+]([O-])/C=C1/NCCN1Cc1cccc([N+](=O)[O-])c1. The molecule has 0 spiro atoms. The van der Waals surface area contributed by atoms with Crippen molar-refractivity contribution >= 4 is 5.69 Å². The van der Waals surface area contributed by atoms with Crippen LogP contribution >= 0.6 is 0 Å². The van der Waals surface area contributed by atoms with Crippen molar-refractivity contribution < 1.29 is 9.85 Å². The fourth-order valence-electron chi connectivity index (χ4n) is 1.93. The number of rotatable bonds is 4. The highest BCUT2D eigenvalue weighted by Crippen LogP contribution is 2.17. The Morgan fingerprint density at radius 1 is 1.37 bits per heavy atom. The van der Waals surface area contributed by atoms with Gasteiger partial charge < -0.3 is 10.2 Å². The Morgan fingerprint density at radius 2 is 2.16 bits per heavy atom. The van der Waals surface area contributed by atoms with Gasteiger partial charge in [-0.15, -0.1) is 0 Å². The van der Waals surface area contributed by atoms with Crippen LogP contribution in [0.1, 0.15) is 5.56 Å². The zero-order valence-corrected chi connectivity index (χ0v) is 9.98. The highest BCUT2D eigenvalue weighted by atomic mass is 16.6. The molecule has 0 atom stereocenters. The molecule has 8 heteroatoms. The first-order valence-corrected chi connectivity index (χ1v) is 5.64. The van der Waals surface area contributed by atoms with E-state index in [-0.39, 0.29) is 5.69 Å². The summed E-state index contributed by atoms with van der Waals surface area (Å²) >= 11 is 0. The molecule has 0 radical (unpaired) electrons. The first kappa shape index (κ1) is 12.8. The largest absolute Gasteiger partial charge is 0.365 e. The van der Waals surface area contributed by atoms with Crippen LogP contribution in [0.4, 0.5) is 5.69 Å². The van der Waals surface area contributed by atoms with Crippen molar-refractivity contribution in [3.63, 3.8) is 0 Å². The average molecular weight is 264 g/mol. The molecule has 100 valence electrons. The molecule has 8 nitrogen and oxygen atoms in total. The van der Waals surface area contributed by atoms with Crippen molar-refractivity contribution in [3.05, 3.63) is 62.1 Å². The van der Waals surface area contributed by atoms with Gasteiger partial charge in [-0.25, -0.2) is 0 Å². The van der Waals surface area contributed by atoms with E-state index in [1.165, 1.54) is 12.1 Å². The molecule has 1 heterocycles. The number of hydrogen-bond acceptors (Lipinski definition) is 6. The van der Waals surface area contributed by atoms with Gasteiger partial charge in [0.15, 0.2) is 5.82 Å². The lowest BCUT2D eigenvalue weighted by Crippen LogP contribution is -2.20. The van der Waals surface area contributed by atoms with Gasteiger partial charge >= 0.3 is 0 Å². The highest BCUT2D eigenvalue weighted by Gasteiger charge is 2.20. The number of nitrogens with zero attached hydrogens (tertiary/aromatic N) is 3. The van der Waals surface area contributed by atoms with E-state index in [9.17, 15) is 20.2 Å². The molecule has 1 saturated heterocycles. The van der Waals surface area contributed by atoms with E-state index in [1.54, 1.807) is 17.0 Å². The molecule has 0 saturated carbocycles. The van der Waals surface area contributed by atoms with E-state index >= 15 is 0 Å². The molecule has 1 aromatic carbocycles. The van der Waals surface area contributed by atoms with Crippen LogP contribution in [-0.2, 0) is 6.54 Å². The van der Waals surface area contributed by atoms with Crippen LogP contribution in [0.2, 0.25) is 0 Å². The fourth-order valence-corrected chi connectivity index (χ4v) is 1.93. The molecule has 1 fully saturated rings. The van der Waals surface area contributed by atoms with Crippen molar-refractivity contribution in [2.45, 2.75) is 6.54 Å². The lowest BCUT2D eigenvalue weighted by atomic mass is 10.2. The van der Waals surface area contributed by atoms with Crippen molar-refractivity contribution in [3.8, 4) is 0 Å². The van der Waals surface area contributed by atoms with Crippen molar-refractivity contribution in [2.24, 2.45) is 0 Å². The summed E-state index contributed by atoms with van der Waals surface area (Å²) in [6.07, 6.45) is 0.907. The molecule has 1 aliphatic rings. The average Bonchev–Trinajstić information content (AvgIpc) is 2.76. The summed E-state index contributed by atoms with van der Waals surface area (Å²) in [6, 6.07) is 6.25. The van der Waals surface area contributed by atoms with E-state index in [0.29, 0.717) is 25.5 Å². The lowest BCUT2D eigenvalue weighted by Gasteiger charge is -2.16. The molecular formula is C11H12N4O4. The van der Waals surface area contributed by atoms with Crippen LogP contribution in [-0.4, -0.2) is 27.8 Å². The Kier molecular flexibility index (Phi) is 3.60. The van der Waals surface area contributed by atoms with Gasteiger partial charge in [-0.3, -0.25) is 20.2 Å². The van der Waals surface area contributed by atoms with Crippen LogP contribution in [0.5, 0.6) is 0 Å². The molecule has 19 heavy (non-hydrogen) atoms. The minimum absolute atomic E-state index is 0.0180. The third kappa shape index (κ3) is 3.18. The molecule has 0 unspecified atom stereocenters. The lowest BCUT2D eigenvalue weighted by molar-refractivity contribution is -0.404. The number of non-ortho nitro benzene ring substituents is 1. The minimum Gasteiger partial charge on any atom is -0.365 e. The van der Waals surface area contributed by atoms with Gasteiger partial charge in [-0.1, -0.05) is 12.1 Å². The maximum atomic E-state index is 10.7. The fraction of sp³-hybridized carbons (Fsp3) is 0.273. The van der Waals surface area contributed by atoms with E-state index in [0.717, 1.165) is 11.8 Å². The summed E-state index contributed by atoms with van der Waals surface area (Å²) in [5.41, 5.74) is 0.761. The molecule has 0 amide bonds. The predicted molar refractivity (Wildman–Crippen MR) is 66.6 cm³/mol. The second-order valence-corrected chi connectivity index (χ2v) is 4.08. The Balaban J connectivity index is 2.14. The molecule has 1 aliphatic heterocycles. The van der Waals surface area contributed by atoms with Gasteiger partial charge in [-0.05, 0) is 5.56 Å². The Morgan fingerprint density at radius 3 is 2.84 bits per heavy atom. The van der Waals surface area contributed by atoms with Gasteiger partial charge in [0.1, 0.15) is 0 Å². The minimum atomic E-state index is -0.520. The third-order valence-electron chi connectivity index (χ3n) is 2.75. The van der Waals surface area contributed by atoms with E-state index in [4.69, 9.17) is 0 Å². The topological polar surface area (TPSA) is 102 Å². The van der Waals surface area contributed by atoms with Crippen LogP contribution in [0.15, 0.2) is 36.3 Å². The Labute approximate surface area is 108 Å². The van der Waals surface area contributed by atoms with Crippen molar-refractivity contribution in [1.29, 1.82) is 0 Å². The smallest absolute Gasteiger partial charge is 0.274 e. The van der Waals surface area contributed by atoms with Gasteiger partial charge in [0.2, 0.25) is 0 Å². The summed E-state index contributed by atoms with van der Waals surface area (Å²) in [7, 11) is 0. The van der Waals surface area contributed by atoms with Crippen LogP contribution < -0.4 is 5.32 Å². The predicted octanol–water partition coefficient (Wildman–Crippen LogP) is 1.08. The normalized spacial score (nSPS) is 16.4. The first-order valence-electron chi connectivity index (χ1n) is 5.64. The third-order valence-corrected chi connectivity index (χ3v) is 2.75. The molecule has 1 aromatic rings.